The Morgan fingerprint density at radius 2 is 1.80 bits per heavy atom. The molecule has 0 aliphatic carbocycles. The molecular formula is C16H16BrNO2. The highest BCUT2D eigenvalue weighted by molar-refractivity contribution is 9.10. The minimum atomic E-state index is -0.0643. The summed E-state index contributed by atoms with van der Waals surface area (Å²) in [7, 11) is 0. The molecule has 2 aromatic carbocycles. The SMILES string of the molecule is Cc1ccc(CO)cc1NC(=O)Cc1ccc(Br)cc1. The zero-order valence-corrected chi connectivity index (χ0v) is 12.8. The van der Waals surface area contributed by atoms with Gasteiger partial charge in [-0.1, -0.05) is 40.2 Å². The zero-order chi connectivity index (χ0) is 14.5. The van der Waals surface area contributed by atoms with E-state index < -0.39 is 0 Å². The molecule has 0 saturated carbocycles. The van der Waals surface area contributed by atoms with Gasteiger partial charge in [-0.15, -0.1) is 0 Å². The van der Waals surface area contributed by atoms with Crippen LogP contribution < -0.4 is 5.32 Å². The molecule has 0 unspecified atom stereocenters. The van der Waals surface area contributed by atoms with Crippen LogP contribution >= 0.6 is 15.9 Å². The van der Waals surface area contributed by atoms with Crippen LogP contribution in [0.3, 0.4) is 0 Å². The number of aliphatic hydroxyl groups is 1. The van der Waals surface area contributed by atoms with Crippen molar-refractivity contribution in [2.45, 2.75) is 20.0 Å². The minimum absolute atomic E-state index is 0.0319. The maximum atomic E-state index is 12.0. The van der Waals surface area contributed by atoms with Gasteiger partial charge in [0, 0.05) is 10.2 Å². The quantitative estimate of drug-likeness (QED) is 0.900. The van der Waals surface area contributed by atoms with Crippen molar-refractivity contribution in [1.82, 2.24) is 0 Å². The molecule has 3 nitrogen and oxygen atoms in total. The molecule has 4 heteroatoms. The molecule has 0 fully saturated rings. The number of halogens is 1. The number of rotatable bonds is 4. The predicted octanol–water partition coefficient (Wildman–Crippen LogP) is 3.43. The molecule has 2 N–H and O–H groups in total. The van der Waals surface area contributed by atoms with Crippen molar-refractivity contribution in [3.05, 3.63) is 63.6 Å². The Hall–Kier alpha value is -1.65. The second-order valence-corrected chi connectivity index (χ2v) is 5.57. The second-order valence-electron chi connectivity index (χ2n) is 4.66. The van der Waals surface area contributed by atoms with E-state index in [1.165, 1.54) is 0 Å². The lowest BCUT2D eigenvalue weighted by atomic mass is 10.1. The van der Waals surface area contributed by atoms with Gasteiger partial charge in [-0.05, 0) is 41.8 Å². The average molecular weight is 334 g/mol. The Balaban J connectivity index is 2.06. The lowest BCUT2D eigenvalue weighted by Crippen LogP contribution is -2.15. The minimum Gasteiger partial charge on any atom is -0.392 e. The third-order valence-electron chi connectivity index (χ3n) is 3.04. The van der Waals surface area contributed by atoms with E-state index in [0.29, 0.717) is 6.42 Å². The Labute approximate surface area is 126 Å². The van der Waals surface area contributed by atoms with E-state index in [1.807, 2.05) is 43.3 Å². The number of anilines is 1. The van der Waals surface area contributed by atoms with Gasteiger partial charge in [0.05, 0.1) is 13.0 Å². The number of carbonyl (C=O) groups is 1. The number of aliphatic hydroxyl groups excluding tert-OH is 1. The Bertz CT molecular complexity index is 608. The van der Waals surface area contributed by atoms with Crippen molar-refractivity contribution in [1.29, 1.82) is 0 Å². The molecule has 0 spiro atoms. The first-order valence-corrected chi connectivity index (χ1v) is 7.12. The van der Waals surface area contributed by atoms with Crippen LogP contribution in [0.25, 0.3) is 0 Å². The number of carbonyl (C=O) groups excluding carboxylic acids is 1. The fourth-order valence-electron chi connectivity index (χ4n) is 1.88. The van der Waals surface area contributed by atoms with Gasteiger partial charge in [0.1, 0.15) is 0 Å². The molecule has 104 valence electrons. The first kappa shape index (κ1) is 14.8. The van der Waals surface area contributed by atoms with E-state index in [0.717, 1.165) is 26.9 Å². The molecule has 20 heavy (non-hydrogen) atoms. The molecular weight excluding hydrogens is 318 g/mol. The third kappa shape index (κ3) is 3.92. The lowest BCUT2D eigenvalue weighted by Gasteiger charge is -2.10. The summed E-state index contributed by atoms with van der Waals surface area (Å²) in [6.45, 7) is 1.90. The van der Waals surface area contributed by atoms with Crippen LogP contribution in [0.5, 0.6) is 0 Å². The lowest BCUT2D eigenvalue weighted by molar-refractivity contribution is -0.115. The van der Waals surface area contributed by atoms with E-state index in [1.54, 1.807) is 6.07 Å². The summed E-state index contributed by atoms with van der Waals surface area (Å²) in [5, 5.41) is 12.0. The molecule has 0 bridgehead atoms. The fourth-order valence-corrected chi connectivity index (χ4v) is 2.15. The molecule has 0 atom stereocenters. The van der Waals surface area contributed by atoms with Gasteiger partial charge in [0.15, 0.2) is 0 Å². The smallest absolute Gasteiger partial charge is 0.228 e. The van der Waals surface area contributed by atoms with Gasteiger partial charge in [-0.25, -0.2) is 0 Å². The highest BCUT2D eigenvalue weighted by Crippen LogP contribution is 2.18. The monoisotopic (exact) mass is 333 g/mol. The molecule has 2 aromatic rings. The highest BCUT2D eigenvalue weighted by Gasteiger charge is 2.07. The summed E-state index contributed by atoms with van der Waals surface area (Å²) in [5.41, 5.74) is 3.47. The van der Waals surface area contributed by atoms with Gasteiger partial charge in [0.25, 0.3) is 0 Å². The average Bonchev–Trinajstić information content (AvgIpc) is 2.44. The topological polar surface area (TPSA) is 49.3 Å². The maximum absolute atomic E-state index is 12.0. The molecule has 0 heterocycles. The number of hydrogen-bond donors (Lipinski definition) is 2. The number of benzene rings is 2. The van der Waals surface area contributed by atoms with Gasteiger partial charge in [0.2, 0.25) is 5.91 Å². The van der Waals surface area contributed by atoms with Crippen LogP contribution in [0, 0.1) is 6.92 Å². The number of amides is 1. The summed E-state index contributed by atoms with van der Waals surface area (Å²) >= 11 is 3.37. The van der Waals surface area contributed by atoms with E-state index in [9.17, 15) is 4.79 Å². The number of aryl methyl sites for hydroxylation is 1. The predicted molar refractivity (Wildman–Crippen MR) is 83.6 cm³/mol. The molecule has 0 aliphatic rings. The first-order chi connectivity index (χ1) is 9.58. The Morgan fingerprint density at radius 3 is 2.45 bits per heavy atom. The Kier molecular flexibility index (Phi) is 4.93. The van der Waals surface area contributed by atoms with Crippen LogP contribution in [0.2, 0.25) is 0 Å². The summed E-state index contributed by atoms with van der Waals surface area (Å²) in [6.07, 6.45) is 0.329. The van der Waals surface area contributed by atoms with Crippen molar-refractivity contribution in [3.8, 4) is 0 Å². The normalized spacial score (nSPS) is 10.3. The molecule has 0 aromatic heterocycles. The van der Waals surface area contributed by atoms with Gasteiger partial charge in [-0.2, -0.15) is 0 Å². The molecule has 1 amide bonds. The maximum Gasteiger partial charge on any atom is 0.228 e. The highest BCUT2D eigenvalue weighted by atomic mass is 79.9. The van der Waals surface area contributed by atoms with Crippen molar-refractivity contribution in [2.75, 3.05) is 5.32 Å². The zero-order valence-electron chi connectivity index (χ0n) is 11.2. The number of nitrogens with one attached hydrogen (secondary N) is 1. The fraction of sp³-hybridized carbons (Fsp3) is 0.188. The van der Waals surface area contributed by atoms with E-state index in [2.05, 4.69) is 21.2 Å². The summed E-state index contributed by atoms with van der Waals surface area (Å²) in [5.74, 6) is -0.0643. The van der Waals surface area contributed by atoms with E-state index in [-0.39, 0.29) is 12.5 Å². The summed E-state index contributed by atoms with van der Waals surface area (Å²) in [6, 6.07) is 13.2. The molecule has 0 saturated heterocycles. The summed E-state index contributed by atoms with van der Waals surface area (Å²) in [4.78, 5) is 12.0. The van der Waals surface area contributed by atoms with Crippen LogP contribution in [0.15, 0.2) is 46.9 Å². The van der Waals surface area contributed by atoms with Crippen molar-refractivity contribution >= 4 is 27.5 Å². The van der Waals surface area contributed by atoms with Crippen LogP contribution in [-0.2, 0) is 17.8 Å². The van der Waals surface area contributed by atoms with Gasteiger partial charge in [-0.3, -0.25) is 4.79 Å². The standard InChI is InChI=1S/C16H16BrNO2/c1-11-2-3-13(10-19)8-15(11)18-16(20)9-12-4-6-14(17)7-5-12/h2-8,19H,9-10H2,1H3,(H,18,20). The van der Waals surface area contributed by atoms with Gasteiger partial charge >= 0.3 is 0 Å². The third-order valence-corrected chi connectivity index (χ3v) is 3.57. The van der Waals surface area contributed by atoms with E-state index >= 15 is 0 Å². The van der Waals surface area contributed by atoms with Gasteiger partial charge < -0.3 is 10.4 Å². The van der Waals surface area contributed by atoms with Crippen molar-refractivity contribution in [3.63, 3.8) is 0 Å². The molecule has 2 rings (SSSR count). The number of hydrogen-bond acceptors (Lipinski definition) is 2. The van der Waals surface area contributed by atoms with Crippen LogP contribution in [0.1, 0.15) is 16.7 Å². The summed E-state index contributed by atoms with van der Waals surface area (Å²) < 4.78 is 0.994. The van der Waals surface area contributed by atoms with Crippen molar-refractivity contribution < 1.29 is 9.90 Å². The van der Waals surface area contributed by atoms with Crippen LogP contribution in [-0.4, -0.2) is 11.0 Å². The van der Waals surface area contributed by atoms with E-state index in [4.69, 9.17) is 5.11 Å². The second kappa shape index (κ2) is 6.68. The molecule has 0 radical (unpaired) electrons. The molecule has 0 aliphatic heterocycles. The van der Waals surface area contributed by atoms with Crippen molar-refractivity contribution in [2.24, 2.45) is 0 Å². The first-order valence-electron chi connectivity index (χ1n) is 6.33. The largest absolute Gasteiger partial charge is 0.392 e. The van der Waals surface area contributed by atoms with Crippen LogP contribution in [0.4, 0.5) is 5.69 Å². The Morgan fingerprint density at radius 1 is 1.15 bits per heavy atom.